The fraction of sp³-hybridized carbons (Fsp3) is 0.800. The summed E-state index contributed by atoms with van der Waals surface area (Å²) in [5.41, 5.74) is 10.3. The Morgan fingerprint density at radius 1 is 1.18 bits per heavy atom. The molecule has 0 aromatic rings. The van der Waals surface area contributed by atoms with Crippen molar-refractivity contribution in [2.24, 2.45) is 11.5 Å². The summed E-state index contributed by atoms with van der Waals surface area (Å²) >= 11 is 0. The standard InChI is InChI=1S/C4H13N3.CH2O3/c5-1-3-7-4-2-6;2-1(3)4/h7H,1-6H2;(H2,2,3,4). The van der Waals surface area contributed by atoms with E-state index in [9.17, 15) is 0 Å². The third-order valence-corrected chi connectivity index (χ3v) is 0.642. The number of nitrogens with one attached hydrogen (secondary N) is 1. The molecule has 68 valence electrons. The maximum atomic E-state index is 8.56. The summed E-state index contributed by atoms with van der Waals surface area (Å²) in [7, 11) is 0. The lowest BCUT2D eigenvalue weighted by molar-refractivity contribution is 0.137. The van der Waals surface area contributed by atoms with Crippen molar-refractivity contribution >= 4 is 6.16 Å². The van der Waals surface area contributed by atoms with Crippen molar-refractivity contribution in [3.63, 3.8) is 0 Å². The van der Waals surface area contributed by atoms with Gasteiger partial charge in [0.25, 0.3) is 0 Å². The summed E-state index contributed by atoms with van der Waals surface area (Å²) in [6, 6.07) is 0. The molecule has 0 rings (SSSR count). The Morgan fingerprint density at radius 3 is 1.64 bits per heavy atom. The van der Waals surface area contributed by atoms with Gasteiger partial charge in [0.05, 0.1) is 0 Å². The monoisotopic (exact) mass is 165 g/mol. The zero-order valence-corrected chi connectivity index (χ0v) is 6.29. The molecule has 0 saturated heterocycles. The molecule has 0 aromatic heterocycles. The molecule has 7 N–H and O–H groups in total. The first-order valence-electron chi connectivity index (χ1n) is 3.17. The topological polar surface area (TPSA) is 122 Å². The van der Waals surface area contributed by atoms with E-state index in [2.05, 4.69) is 5.32 Å². The zero-order valence-electron chi connectivity index (χ0n) is 6.29. The summed E-state index contributed by atoms with van der Waals surface area (Å²) < 4.78 is 0. The van der Waals surface area contributed by atoms with Crippen molar-refractivity contribution in [1.82, 2.24) is 5.32 Å². The number of hydrogen-bond donors (Lipinski definition) is 5. The van der Waals surface area contributed by atoms with Crippen LogP contribution in [0.2, 0.25) is 0 Å². The zero-order chi connectivity index (χ0) is 9.11. The molecule has 0 aliphatic rings. The second-order valence-corrected chi connectivity index (χ2v) is 1.61. The molecule has 0 aliphatic carbocycles. The van der Waals surface area contributed by atoms with E-state index in [0.717, 1.165) is 13.1 Å². The van der Waals surface area contributed by atoms with E-state index in [0.29, 0.717) is 13.1 Å². The minimum Gasteiger partial charge on any atom is -0.450 e. The van der Waals surface area contributed by atoms with Gasteiger partial charge in [-0.1, -0.05) is 0 Å². The first-order chi connectivity index (χ1) is 5.15. The third-order valence-electron chi connectivity index (χ3n) is 0.642. The maximum absolute atomic E-state index is 8.56. The Balaban J connectivity index is 0. The van der Waals surface area contributed by atoms with Gasteiger partial charge in [0, 0.05) is 26.2 Å². The number of nitrogens with two attached hydrogens (primary N) is 2. The molecule has 0 bridgehead atoms. The smallest absolute Gasteiger partial charge is 0.450 e. The van der Waals surface area contributed by atoms with Crippen LogP contribution in [-0.2, 0) is 0 Å². The molecule has 0 heterocycles. The van der Waals surface area contributed by atoms with Crippen LogP contribution >= 0.6 is 0 Å². The summed E-state index contributed by atoms with van der Waals surface area (Å²) in [5.74, 6) is 0. The minimum absolute atomic E-state index is 0.694. The highest BCUT2D eigenvalue weighted by Crippen LogP contribution is 1.49. The van der Waals surface area contributed by atoms with Gasteiger partial charge < -0.3 is 27.0 Å². The second kappa shape index (κ2) is 11.9. The van der Waals surface area contributed by atoms with E-state index in [1.165, 1.54) is 0 Å². The van der Waals surface area contributed by atoms with Gasteiger partial charge in [-0.2, -0.15) is 0 Å². The maximum Gasteiger partial charge on any atom is 0.503 e. The number of carbonyl (C=O) groups is 1. The van der Waals surface area contributed by atoms with E-state index >= 15 is 0 Å². The van der Waals surface area contributed by atoms with E-state index < -0.39 is 6.16 Å². The molecule has 6 heteroatoms. The molecule has 0 aliphatic heterocycles. The van der Waals surface area contributed by atoms with Crippen molar-refractivity contribution < 1.29 is 15.0 Å². The van der Waals surface area contributed by atoms with Gasteiger partial charge in [-0.3, -0.25) is 0 Å². The van der Waals surface area contributed by atoms with Crippen LogP contribution in [0.5, 0.6) is 0 Å². The average molecular weight is 165 g/mol. The lowest BCUT2D eigenvalue weighted by Gasteiger charge is -1.95. The SMILES string of the molecule is NCCNCCN.O=C(O)O. The summed E-state index contributed by atoms with van der Waals surface area (Å²) in [6.07, 6.45) is -1.83. The van der Waals surface area contributed by atoms with E-state index in [4.69, 9.17) is 26.5 Å². The number of rotatable bonds is 4. The van der Waals surface area contributed by atoms with Crippen LogP contribution in [0.4, 0.5) is 4.79 Å². The minimum atomic E-state index is -1.83. The van der Waals surface area contributed by atoms with Crippen LogP contribution in [0.15, 0.2) is 0 Å². The van der Waals surface area contributed by atoms with E-state index in [-0.39, 0.29) is 0 Å². The molecule has 0 unspecified atom stereocenters. The largest absolute Gasteiger partial charge is 0.503 e. The highest BCUT2D eigenvalue weighted by atomic mass is 16.6. The lowest BCUT2D eigenvalue weighted by Crippen LogP contribution is -2.27. The Morgan fingerprint density at radius 2 is 1.45 bits per heavy atom. The summed E-state index contributed by atoms with van der Waals surface area (Å²) in [4.78, 5) is 8.56. The van der Waals surface area contributed by atoms with Gasteiger partial charge in [0.1, 0.15) is 0 Å². The van der Waals surface area contributed by atoms with Crippen LogP contribution in [0.25, 0.3) is 0 Å². The summed E-state index contributed by atoms with van der Waals surface area (Å²) in [5, 5.41) is 17.0. The van der Waals surface area contributed by atoms with Crippen molar-refractivity contribution in [2.75, 3.05) is 26.2 Å². The van der Waals surface area contributed by atoms with Crippen molar-refractivity contribution in [3.8, 4) is 0 Å². The van der Waals surface area contributed by atoms with Gasteiger partial charge in [-0.05, 0) is 0 Å². The Bertz CT molecular complexity index is 81.0. The molecule has 11 heavy (non-hydrogen) atoms. The van der Waals surface area contributed by atoms with Crippen LogP contribution < -0.4 is 16.8 Å². The fourth-order valence-electron chi connectivity index (χ4n) is 0.329. The van der Waals surface area contributed by atoms with Gasteiger partial charge in [0.2, 0.25) is 0 Å². The first-order valence-corrected chi connectivity index (χ1v) is 3.17. The molecule has 0 atom stereocenters. The van der Waals surface area contributed by atoms with Crippen LogP contribution in [0.1, 0.15) is 0 Å². The van der Waals surface area contributed by atoms with Crippen molar-refractivity contribution in [3.05, 3.63) is 0 Å². The predicted molar refractivity (Wildman–Crippen MR) is 41.6 cm³/mol. The molecule has 0 aromatic carbocycles. The Kier molecular flexibility index (Phi) is 13.8. The van der Waals surface area contributed by atoms with Crippen molar-refractivity contribution in [1.29, 1.82) is 0 Å². The van der Waals surface area contributed by atoms with Crippen LogP contribution in [0, 0.1) is 0 Å². The van der Waals surface area contributed by atoms with Gasteiger partial charge in [-0.15, -0.1) is 0 Å². The highest BCUT2D eigenvalue weighted by Gasteiger charge is 1.76. The molecule has 0 fully saturated rings. The predicted octanol–water partition coefficient (Wildman–Crippen LogP) is -1.28. The molecule has 6 nitrogen and oxygen atoms in total. The fourth-order valence-corrected chi connectivity index (χ4v) is 0.329. The van der Waals surface area contributed by atoms with E-state index in [1.807, 2.05) is 0 Å². The van der Waals surface area contributed by atoms with Crippen LogP contribution in [-0.4, -0.2) is 42.5 Å². The molecular formula is C5H15N3O3. The number of carboxylic acid groups (broad SMARTS) is 2. The highest BCUT2D eigenvalue weighted by molar-refractivity contribution is 5.53. The third kappa shape index (κ3) is 47.1. The van der Waals surface area contributed by atoms with Crippen LogP contribution in [0.3, 0.4) is 0 Å². The summed E-state index contributed by atoms with van der Waals surface area (Å²) in [6.45, 7) is 3.13. The molecule has 0 amide bonds. The molecular weight excluding hydrogens is 150 g/mol. The second-order valence-electron chi connectivity index (χ2n) is 1.61. The Labute approximate surface area is 65.2 Å². The first kappa shape index (κ1) is 12.8. The number of hydrogen-bond acceptors (Lipinski definition) is 4. The van der Waals surface area contributed by atoms with Gasteiger partial charge >= 0.3 is 6.16 Å². The lowest BCUT2D eigenvalue weighted by atomic mass is 10.6. The average Bonchev–Trinajstić information content (AvgIpc) is 1.88. The quantitative estimate of drug-likeness (QED) is 0.331. The van der Waals surface area contributed by atoms with Gasteiger partial charge in [-0.25, -0.2) is 4.79 Å². The molecule has 0 radical (unpaired) electrons. The normalized spacial score (nSPS) is 8.18. The molecule has 0 saturated carbocycles. The molecule has 0 spiro atoms. The Hall–Kier alpha value is -0.850. The van der Waals surface area contributed by atoms with Crippen molar-refractivity contribution in [2.45, 2.75) is 0 Å². The van der Waals surface area contributed by atoms with Gasteiger partial charge in [0.15, 0.2) is 0 Å². The van der Waals surface area contributed by atoms with E-state index in [1.54, 1.807) is 0 Å².